The molecule has 112 valence electrons. The molecule has 1 aromatic heterocycles. The summed E-state index contributed by atoms with van der Waals surface area (Å²) in [6.07, 6.45) is 7.57. The molecule has 1 aromatic rings. The summed E-state index contributed by atoms with van der Waals surface area (Å²) in [4.78, 5) is 0. The van der Waals surface area contributed by atoms with Crippen molar-refractivity contribution in [1.82, 2.24) is 8.75 Å². The van der Waals surface area contributed by atoms with Crippen LogP contribution in [0.2, 0.25) is 0 Å². The molecule has 1 aliphatic heterocycles. The summed E-state index contributed by atoms with van der Waals surface area (Å²) in [7, 11) is 1.71. The lowest BCUT2D eigenvalue weighted by Gasteiger charge is -2.41. The number of unbranched alkanes of at least 4 members (excludes halogenated alkanes) is 3. The number of likely N-dealkylation sites (N-methyl/N-ethyl adjacent to an activating group) is 1. The van der Waals surface area contributed by atoms with Gasteiger partial charge in [0.1, 0.15) is 12.2 Å². The quantitative estimate of drug-likeness (QED) is 0.440. The van der Waals surface area contributed by atoms with E-state index in [1.165, 1.54) is 19.3 Å². The van der Waals surface area contributed by atoms with Crippen molar-refractivity contribution in [3.05, 3.63) is 17.0 Å². The largest absolute Gasteiger partial charge is 0.633 e. The molecule has 0 fully saturated rings. The highest BCUT2D eigenvalue weighted by Crippen LogP contribution is 2.29. The van der Waals surface area contributed by atoms with Gasteiger partial charge in [0, 0.05) is 12.0 Å². The minimum absolute atomic E-state index is 0.237. The molecular weight excluding hydrogens is 274 g/mol. The maximum Gasteiger partial charge on any atom is 0.253 e. The van der Waals surface area contributed by atoms with E-state index in [-0.39, 0.29) is 4.65 Å². The number of hydroxylamine groups is 3. The van der Waals surface area contributed by atoms with Crippen LogP contribution >= 0.6 is 11.7 Å². The van der Waals surface area contributed by atoms with Gasteiger partial charge in [-0.1, -0.05) is 32.3 Å². The van der Waals surface area contributed by atoms with Crippen molar-refractivity contribution < 1.29 is 9.38 Å². The highest BCUT2D eigenvalue weighted by molar-refractivity contribution is 6.99. The molecule has 1 aliphatic rings. The van der Waals surface area contributed by atoms with Gasteiger partial charge >= 0.3 is 0 Å². The molecule has 0 radical (unpaired) electrons. The second-order valence-electron chi connectivity index (χ2n) is 5.52. The summed E-state index contributed by atoms with van der Waals surface area (Å²) in [5, 5.41) is 12.1. The molecule has 0 aromatic carbocycles. The second-order valence-corrected chi connectivity index (χ2v) is 6.05. The van der Waals surface area contributed by atoms with Crippen LogP contribution in [-0.2, 0) is 0 Å². The van der Waals surface area contributed by atoms with Crippen LogP contribution in [0.5, 0.6) is 5.88 Å². The summed E-state index contributed by atoms with van der Waals surface area (Å²) in [5.74, 6) is 0.597. The Morgan fingerprint density at radius 1 is 1.35 bits per heavy atom. The molecule has 0 saturated heterocycles. The van der Waals surface area contributed by atoms with Crippen LogP contribution in [0.1, 0.15) is 44.7 Å². The molecule has 0 amide bonds. The molecular formula is C14H23N3O2S. The highest BCUT2D eigenvalue weighted by atomic mass is 32.1. The van der Waals surface area contributed by atoms with Crippen molar-refractivity contribution in [3.8, 4) is 5.88 Å². The summed E-state index contributed by atoms with van der Waals surface area (Å²) >= 11 is 1.15. The van der Waals surface area contributed by atoms with Crippen molar-refractivity contribution in [3.63, 3.8) is 0 Å². The minimum atomic E-state index is -0.237. The van der Waals surface area contributed by atoms with Crippen LogP contribution in [0.3, 0.4) is 0 Å². The Morgan fingerprint density at radius 3 is 2.95 bits per heavy atom. The minimum Gasteiger partial charge on any atom is -0.633 e. The molecule has 0 spiro atoms. The molecule has 0 bridgehead atoms. The third kappa shape index (κ3) is 4.26. The maximum absolute atomic E-state index is 12.1. The lowest BCUT2D eigenvalue weighted by molar-refractivity contribution is -0.853. The van der Waals surface area contributed by atoms with Gasteiger partial charge in [0.2, 0.25) is 0 Å². The van der Waals surface area contributed by atoms with Crippen LogP contribution < -0.4 is 4.74 Å². The van der Waals surface area contributed by atoms with E-state index >= 15 is 0 Å². The standard InChI is InChI=1S/C14H23N3O2S/c1-3-4-5-6-10-19-14-13(15-20-16-14)12-8-7-9-17(2,18)11-12/h8H,3-7,9-11H2,1-2H3. The topological polar surface area (TPSA) is 58.1 Å². The van der Waals surface area contributed by atoms with Crippen molar-refractivity contribution in [2.75, 3.05) is 26.7 Å². The maximum atomic E-state index is 12.1. The molecule has 20 heavy (non-hydrogen) atoms. The number of aromatic nitrogens is 2. The monoisotopic (exact) mass is 297 g/mol. The van der Waals surface area contributed by atoms with E-state index < -0.39 is 0 Å². The molecule has 0 saturated carbocycles. The van der Waals surface area contributed by atoms with Gasteiger partial charge in [0.05, 0.1) is 31.9 Å². The van der Waals surface area contributed by atoms with Crippen LogP contribution in [0.15, 0.2) is 6.08 Å². The Labute approximate surface area is 124 Å². The van der Waals surface area contributed by atoms with Crippen molar-refractivity contribution in [1.29, 1.82) is 0 Å². The predicted octanol–water partition coefficient (Wildman–Crippen LogP) is 3.23. The van der Waals surface area contributed by atoms with E-state index in [2.05, 4.69) is 21.7 Å². The Kier molecular flexibility index (Phi) is 5.51. The Hall–Kier alpha value is -0.980. The van der Waals surface area contributed by atoms with Gasteiger partial charge in [0.25, 0.3) is 5.88 Å². The molecule has 2 rings (SSSR count). The number of rotatable bonds is 7. The molecule has 2 heterocycles. The Morgan fingerprint density at radius 2 is 2.20 bits per heavy atom. The lowest BCUT2D eigenvalue weighted by atomic mass is 10.1. The Bertz CT molecular complexity index is 457. The average molecular weight is 297 g/mol. The zero-order chi connectivity index (χ0) is 14.4. The highest BCUT2D eigenvalue weighted by Gasteiger charge is 2.23. The normalized spacial score (nSPS) is 22.6. The van der Waals surface area contributed by atoms with E-state index in [1.54, 1.807) is 7.05 Å². The molecule has 1 atom stereocenters. The number of quaternary nitrogens is 1. The van der Waals surface area contributed by atoms with Crippen molar-refractivity contribution in [2.45, 2.75) is 39.0 Å². The van der Waals surface area contributed by atoms with Crippen LogP contribution in [0.4, 0.5) is 0 Å². The van der Waals surface area contributed by atoms with E-state index in [9.17, 15) is 5.21 Å². The first-order valence-corrected chi connectivity index (χ1v) is 8.06. The second kappa shape index (κ2) is 7.15. The van der Waals surface area contributed by atoms with Crippen molar-refractivity contribution in [2.24, 2.45) is 0 Å². The predicted molar refractivity (Wildman–Crippen MR) is 81.4 cm³/mol. The average Bonchev–Trinajstić information content (AvgIpc) is 2.86. The first kappa shape index (κ1) is 15.4. The van der Waals surface area contributed by atoms with Crippen LogP contribution in [0.25, 0.3) is 5.57 Å². The number of nitrogens with zero attached hydrogens (tertiary/aromatic N) is 3. The van der Waals surface area contributed by atoms with Gasteiger partial charge in [-0.3, -0.25) is 0 Å². The SMILES string of the molecule is CCCCCCOc1nsnc1C1=CCC[N+](C)([O-])C1. The zero-order valence-corrected chi connectivity index (χ0v) is 13.1. The molecule has 5 nitrogen and oxygen atoms in total. The number of hydrogen-bond acceptors (Lipinski definition) is 5. The molecule has 1 unspecified atom stereocenters. The summed E-state index contributed by atoms with van der Waals surface area (Å²) < 4.78 is 14.0. The third-order valence-corrected chi connectivity index (χ3v) is 4.01. The van der Waals surface area contributed by atoms with Gasteiger partial charge < -0.3 is 14.6 Å². The van der Waals surface area contributed by atoms with E-state index in [4.69, 9.17) is 4.74 Å². The smallest absolute Gasteiger partial charge is 0.253 e. The van der Waals surface area contributed by atoms with E-state index in [0.717, 1.165) is 35.8 Å². The van der Waals surface area contributed by atoms with Crippen LogP contribution in [-0.4, -0.2) is 40.1 Å². The van der Waals surface area contributed by atoms with Crippen LogP contribution in [0, 0.1) is 5.21 Å². The fourth-order valence-electron chi connectivity index (χ4n) is 2.36. The number of hydrogen-bond donors (Lipinski definition) is 0. The molecule has 0 aliphatic carbocycles. The fourth-order valence-corrected chi connectivity index (χ4v) is 2.89. The number of ether oxygens (including phenoxy) is 1. The summed E-state index contributed by atoms with van der Waals surface area (Å²) in [5.41, 5.74) is 1.75. The lowest BCUT2D eigenvalue weighted by Crippen LogP contribution is -2.41. The molecule has 6 heteroatoms. The molecule has 0 N–H and O–H groups in total. The van der Waals surface area contributed by atoms with Crippen molar-refractivity contribution >= 4 is 17.3 Å². The van der Waals surface area contributed by atoms with Gasteiger partial charge in [-0.15, -0.1) is 4.37 Å². The first-order chi connectivity index (χ1) is 9.62. The van der Waals surface area contributed by atoms with E-state index in [1.807, 2.05) is 0 Å². The zero-order valence-electron chi connectivity index (χ0n) is 12.3. The van der Waals surface area contributed by atoms with E-state index in [0.29, 0.717) is 25.6 Å². The van der Waals surface area contributed by atoms with Gasteiger partial charge in [-0.25, -0.2) is 0 Å². The van der Waals surface area contributed by atoms with Gasteiger partial charge in [-0.05, 0) is 6.42 Å². The van der Waals surface area contributed by atoms with Gasteiger partial charge in [-0.2, -0.15) is 4.37 Å². The Balaban J connectivity index is 1.93. The van der Waals surface area contributed by atoms with Gasteiger partial charge in [0.15, 0.2) is 0 Å². The summed E-state index contributed by atoms with van der Waals surface area (Å²) in [6.45, 7) is 3.96. The fraction of sp³-hybridized carbons (Fsp3) is 0.714. The third-order valence-electron chi connectivity index (χ3n) is 3.50. The summed E-state index contributed by atoms with van der Waals surface area (Å²) in [6, 6.07) is 0. The first-order valence-electron chi connectivity index (χ1n) is 7.32.